The molecule has 0 radical (unpaired) electrons. The molecule has 1 unspecified atom stereocenters. The van der Waals surface area contributed by atoms with Crippen molar-refractivity contribution in [3.8, 4) is 10.6 Å². The van der Waals surface area contributed by atoms with Gasteiger partial charge in [0.1, 0.15) is 23.3 Å². The molecule has 9 nitrogen and oxygen atoms in total. The molecule has 31 heavy (non-hydrogen) atoms. The number of methoxy groups -OCH3 is 2. The van der Waals surface area contributed by atoms with Crippen molar-refractivity contribution >= 4 is 41.7 Å². The van der Waals surface area contributed by atoms with Gasteiger partial charge < -0.3 is 24.8 Å². The molecule has 2 amide bonds. The number of hydrogen-bond acceptors (Lipinski definition) is 9. The van der Waals surface area contributed by atoms with E-state index in [2.05, 4.69) is 33.0 Å². The van der Waals surface area contributed by atoms with Crippen LogP contribution in [0.1, 0.15) is 16.1 Å². The molecule has 0 saturated heterocycles. The fourth-order valence-corrected chi connectivity index (χ4v) is 3.47. The van der Waals surface area contributed by atoms with Crippen molar-refractivity contribution in [3.63, 3.8) is 0 Å². The van der Waals surface area contributed by atoms with Crippen LogP contribution in [-0.2, 0) is 30.4 Å². The molecule has 168 valence electrons. The summed E-state index contributed by atoms with van der Waals surface area (Å²) in [5.41, 5.74) is 2.03. The lowest BCUT2D eigenvalue weighted by Gasteiger charge is -2.15. The van der Waals surface area contributed by atoms with Gasteiger partial charge in [0, 0.05) is 23.8 Å². The number of ether oxygens (including phenoxy) is 3. The molecule has 11 heteroatoms. The molecule has 0 aliphatic rings. The van der Waals surface area contributed by atoms with Crippen LogP contribution in [0.25, 0.3) is 10.6 Å². The van der Waals surface area contributed by atoms with Crippen molar-refractivity contribution in [1.29, 1.82) is 0 Å². The molecule has 0 saturated carbocycles. The highest BCUT2D eigenvalue weighted by Gasteiger charge is 2.22. The van der Waals surface area contributed by atoms with E-state index in [1.807, 2.05) is 24.3 Å². The molecule has 1 aromatic heterocycles. The maximum absolute atomic E-state index is 12.5. The first-order valence-electron chi connectivity index (χ1n) is 9.36. The fraction of sp³-hybridized carbons (Fsp3) is 0.400. The number of aromatic nitrogens is 1. The van der Waals surface area contributed by atoms with Gasteiger partial charge in [0.2, 0.25) is 5.91 Å². The number of benzene rings is 1. The van der Waals surface area contributed by atoms with E-state index in [0.29, 0.717) is 24.8 Å². The van der Waals surface area contributed by atoms with Gasteiger partial charge in [-0.2, -0.15) is 12.6 Å². The van der Waals surface area contributed by atoms with Crippen molar-refractivity contribution in [3.05, 3.63) is 40.9 Å². The van der Waals surface area contributed by atoms with Crippen molar-refractivity contribution in [1.82, 2.24) is 15.6 Å². The van der Waals surface area contributed by atoms with Gasteiger partial charge in [-0.3, -0.25) is 14.4 Å². The van der Waals surface area contributed by atoms with Gasteiger partial charge in [-0.25, -0.2) is 4.98 Å². The molecule has 1 aromatic carbocycles. The Hall–Kier alpha value is -2.47. The largest absolute Gasteiger partial charge is 0.468 e. The first-order valence-corrected chi connectivity index (χ1v) is 10.9. The summed E-state index contributed by atoms with van der Waals surface area (Å²) in [7, 11) is 2.84. The van der Waals surface area contributed by atoms with Crippen LogP contribution in [0.5, 0.6) is 0 Å². The van der Waals surface area contributed by atoms with E-state index in [1.165, 1.54) is 18.4 Å². The van der Waals surface area contributed by atoms with Crippen molar-refractivity contribution in [2.24, 2.45) is 0 Å². The molecule has 0 fully saturated rings. The summed E-state index contributed by atoms with van der Waals surface area (Å²) >= 11 is 5.41. The lowest BCUT2D eigenvalue weighted by Crippen LogP contribution is -2.49. The molecule has 0 bridgehead atoms. The van der Waals surface area contributed by atoms with Crippen molar-refractivity contribution in [2.45, 2.75) is 12.6 Å². The number of thiol groups is 1. The molecule has 0 aliphatic heterocycles. The zero-order chi connectivity index (χ0) is 22.6. The lowest BCUT2D eigenvalue weighted by atomic mass is 10.1. The molecule has 0 aliphatic carbocycles. The number of carbonyl (C=O) groups is 3. The Labute approximate surface area is 189 Å². The third-order valence-corrected chi connectivity index (χ3v) is 5.31. The van der Waals surface area contributed by atoms with E-state index in [9.17, 15) is 14.4 Å². The first kappa shape index (κ1) is 24.8. The smallest absolute Gasteiger partial charge is 0.325 e. The first-order chi connectivity index (χ1) is 15.0. The maximum Gasteiger partial charge on any atom is 0.325 e. The van der Waals surface area contributed by atoms with Gasteiger partial charge in [-0.05, 0) is 11.6 Å². The molecule has 1 atom stereocenters. The summed E-state index contributed by atoms with van der Waals surface area (Å²) in [6.45, 7) is 1.18. The van der Waals surface area contributed by atoms with Crippen LogP contribution in [0.4, 0.5) is 0 Å². The topological polar surface area (TPSA) is 116 Å². The van der Waals surface area contributed by atoms with Crippen LogP contribution in [0.2, 0.25) is 0 Å². The predicted molar refractivity (Wildman–Crippen MR) is 119 cm³/mol. The number of carbonyl (C=O) groups excluding carboxylic acids is 3. The minimum Gasteiger partial charge on any atom is -0.468 e. The van der Waals surface area contributed by atoms with Crippen molar-refractivity contribution < 1.29 is 28.6 Å². The Bertz CT molecular complexity index is 889. The Morgan fingerprint density at radius 1 is 1.23 bits per heavy atom. The number of nitrogens with one attached hydrogen (secondary N) is 2. The van der Waals surface area contributed by atoms with E-state index in [-0.39, 0.29) is 18.0 Å². The summed E-state index contributed by atoms with van der Waals surface area (Å²) in [4.78, 5) is 40.2. The van der Waals surface area contributed by atoms with Gasteiger partial charge in [0.25, 0.3) is 5.91 Å². The summed E-state index contributed by atoms with van der Waals surface area (Å²) in [5, 5.41) is 7.25. The standard InChI is InChI=1S/C20H25N3O6S2/c1-27-6-7-29-10-13-4-3-5-14(8-13)20-23-16(12-31-20)19(26)22-15(11-30)18(25)21-9-17(24)28-2/h3-5,8,12,15,30H,6-7,9-11H2,1-2H3,(H,21,25)(H,22,26). The summed E-state index contributed by atoms with van der Waals surface area (Å²) in [6, 6.07) is 6.77. The monoisotopic (exact) mass is 467 g/mol. The summed E-state index contributed by atoms with van der Waals surface area (Å²) < 4.78 is 15.0. The number of rotatable bonds is 12. The second-order valence-electron chi connectivity index (χ2n) is 6.29. The molecular weight excluding hydrogens is 442 g/mol. The zero-order valence-electron chi connectivity index (χ0n) is 17.3. The highest BCUT2D eigenvalue weighted by atomic mass is 32.1. The average Bonchev–Trinajstić information content (AvgIpc) is 3.29. The highest BCUT2D eigenvalue weighted by Crippen LogP contribution is 2.25. The van der Waals surface area contributed by atoms with Gasteiger partial charge in [-0.1, -0.05) is 18.2 Å². The van der Waals surface area contributed by atoms with Crippen LogP contribution in [0, 0.1) is 0 Å². The Kier molecular flexibility index (Phi) is 10.4. The van der Waals surface area contributed by atoms with Crippen molar-refractivity contribution in [2.75, 3.05) is 39.7 Å². The van der Waals surface area contributed by atoms with E-state index < -0.39 is 23.8 Å². The Balaban J connectivity index is 1.98. The average molecular weight is 468 g/mol. The van der Waals surface area contributed by atoms with Gasteiger partial charge >= 0.3 is 5.97 Å². The third kappa shape index (κ3) is 7.94. The van der Waals surface area contributed by atoms with Crippen LogP contribution in [0.3, 0.4) is 0 Å². The van der Waals surface area contributed by atoms with Gasteiger partial charge in [0.05, 0.1) is 26.9 Å². The molecular formula is C20H25N3O6S2. The number of nitrogens with zero attached hydrogens (tertiary/aromatic N) is 1. The van der Waals surface area contributed by atoms with E-state index in [0.717, 1.165) is 11.1 Å². The van der Waals surface area contributed by atoms with Crippen LogP contribution < -0.4 is 10.6 Å². The highest BCUT2D eigenvalue weighted by molar-refractivity contribution is 7.80. The third-order valence-electron chi connectivity index (χ3n) is 4.05. The number of thiazole rings is 1. The fourth-order valence-electron chi connectivity index (χ4n) is 2.42. The molecule has 2 aromatic rings. The van der Waals surface area contributed by atoms with E-state index in [4.69, 9.17) is 9.47 Å². The van der Waals surface area contributed by atoms with Gasteiger partial charge in [-0.15, -0.1) is 11.3 Å². The summed E-state index contributed by atoms with van der Waals surface area (Å²) in [5.74, 6) is -1.58. The molecule has 1 heterocycles. The Morgan fingerprint density at radius 2 is 2.03 bits per heavy atom. The second kappa shape index (κ2) is 13.1. The van der Waals surface area contributed by atoms with E-state index >= 15 is 0 Å². The SMILES string of the molecule is COCCOCc1cccc(-c2nc(C(=O)NC(CS)C(=O)NCC(=O)OC)cs2)c1. The lowest BCUT2D eigenvalue weighted by molar-refractivity contribution is -0.141. The molecule has 0 spiro atoms. The summed E-state index contributed by atoms with van der Waals surface area (Å²) in [6.07, 6.45) is 0. The predicted octanol–water partition coefficient (Wildman–Crippen LogP) is 1.29. The minimum atomic E-state index is -0.918. The molecule has 2 rings (SSSR count). The van der Waals surface area contributed by atoms with Crippen LogP contribution in [-0.4, -0.2) is 68.5 Å². The number of hydrogen-bond donors (Lipinski definition) is 3. The number of amides is 2. The molecule has 2 N–H and O–H groups in total. The zero-order valence-corrected chi connectivity index (χ0v) is 19.0. The van der Waals surface area contributed by atoms with Gasteiger partial charge in [0.15, 0.2) is 0 Å². The Morgan fingerprint density at radius 3 is 2.74 bits per heavy atom. The quantitative estimate of drug-likeness (QED) is 0.245. The maximum atomic E-state index is 12.5. The number of esters is 1. The van der Waals surface area contributed by atoms with Crippen LogP contribution >= 0.6 is 24.0 Å². The van der Waals surface area contributed by atoms with E-state index in [1.54, 1.807) is 12.5 Å². The normalized spacial score (nSPS) is 11.6. The van der Waals surface area contributed by atoms with Crippen LogP contribution in [0.15, 0.2) is 29.6 Å². The minimum absolute atomic E-state index is 0.0564. The second-order valence-corrected chi connectivity index (χ2v) is 7.51.